The van der Waals surface area contributed by atoms with E-state index in [-0.39, 0.29) is 11.8 Å². The molecule has 3 rings (SSSR count). The highest BCUT2D eigenvalue weighted by atomic mass is 32.2. The van der Waals surface area contributed by atoms with E-state index < -0.39 is 10.0 Å². The van der Waals surface area contributed by atoms with E-state index in [9.17, 15) is 8.42 Å². The Bertz CT molecular complexity index is 861. The molecule has 0 aromatic heterocycles. The molecule has 1 atom stereocenters. The minimum Gasteiger partial charge on any atom is -0.378 e. The van der Waals surface area contributed by atoms with Gasteiger partial charge in [0, 0.05) is 64.2 Å². The van der Waals surface area contributed by atoms with Crippen LogP contribution in [0.2, 0.25) is 0 Å². The van der Waals surface area contributed by atoms with Gasteiger partial charge in [0.25, 0.3) is 0 Å². The molecule has 2 aromatic rings. The van der Waals surface area contributed by atoms with Gasteiger partial charge in [-0.1, -0.05) is 30.3 Å². The van der Waals surface area contributed by atoms with Gasteiger partial charge in [0.1, 0.15) is 0 Å². The van der Waals surface area contributed by atoms with Crippen LogP contribution in [0.3, 0.4) is 0 Å². The lowest BCUT2D eigenvalue weighted by Gasteiger charge is -2.40. The highest BCUT2D eigenvalue weighted by Gasteiger charge is 2.26. The molecule has 7 heteroatoms. The Labute approximate surface area is 175 Å². The number of para-hydroxylation sites is 1. The van der Waals surface area contributed by atoms with Crippen LogP contribution in [0.25, 0.3) is 0 Å². The van der Waals surface area contributed by atoms with Gasteiger partial charge in [-0.2, -0.15) is 0 Å². The van der Waals surface area contributed by atoms with Crippen molar-refractivity contribution in [3.8, 4) is 0 Å². The summed E-state index contributed by atoms with van der Waals surface area (Å²) in [4.78, 5) is 6.85. The van der Waals surface area contributed by atoms with Crippen LogP contribution in [0, 0.1) is 0 Å². The van der Waals surface area contributed by atoms with Crippen LogP contribution in [0.5, 0.6) is 0 Å². The second-order valence-corrected chi connectivity index (χ2v) is 9.71. The summed E-state index contributed by atoms with van der Waals surface area (Å²) in [6, 6.07) is 18.9. The fraction of sp³-hybridized carbons (Fsp3) is 0.455. The Morgan fingerprint density at radius 2 is 1.59 bits per heavy atom. The zero-order valence-electron chi connectivity index (χ0n) is 17.6. The summed E-state index contributed by atoms with van der Waals surface area (Å²) in [5.74, 6) is 0.0983. The first-order chi connectivity index (χ1) is 13.9. The molecule has 6 nitrogen and oxygen atoms in total. The summed E-state index contributed by atoms with van der Waals surface area (Å²) >= 11 is 0. The van der Waals surface area contributed by atoms with Gasteiger partial charge in [0.2, 0.25) is 10.0 Å². The molecule has 0 amide bonds. The van der Waals surface area contributed by atoms with Crippen LogP contribution in [0.4, 0.5) is 11.4 Å². The van der Waals surface area contributed by atoms with E-state index in [1.165, 1.54) is 5.69 Å². The maximum Gasteiger partial charge on any atom is 0.211 e. The molecule has 0 unspecified atom stereocenters. The molecule has 0 aliphatic carbocycles. The van der Waals surface area contributed by atoms with Gasteiger partial charge in [-0.25, -0.2) is 13.1 Å². The van der Waals surface area contributed by atoms with Crippen LogP contribution in [-0.4, -0.2) is 65.9 Å². The van der Waals surface area contributed by atoms with E-state index in [2.05, 4.69) is 68.0 Å². The predicted octanol–water partition coefficient (Wildman–Crippen LogP) is 2.56. The summed E-state index contributed by atoms with van der Waals surface area (Å²) in [7, 11) is 0.805. The molecule has 1 fully saturated rings. The highest BCUT2D eigenvalue weighted by Crippen LogP contribution is 2.26. The van der Waals surface area contributed by atoms with Crippen LogP contribution >= 0.6 is 0 Å². The minimum atomic E-state index is -3.23. The number of hydrogen-bond acceptors (Lipinski definition) is 5. The highest BCUT2D eigenvalue weighted by molar-refractivity contribution is 7.89. The average molecular weight is 417 g/mol. The summed E-state index contributed by atoms with van der Waals surface area (Å²) in [6.45, 7) is 5.70. The van der Waals surface area contributed by atoms with Crippen molar-refractivity contribution in [2.75, 3.05) is 62.4 Å². The molecule has 1 aliphatic heterocycles. The molecule has 0 saturated carbocycles. The van der Waals surface area contributed by atoms with Gasteiger partial charge in [-0.15, -0.1) is 0 Å². The number of piperazine rings is 1. The van der Waals surface area contributed by atoms with Crippen molar-refractivity contribution >= 4 is 21.4 Å². The maximum atomic E-state index is 12.1. The molecule has 0 spiro atoms. The van der Waals surface area contributed by atoms with E-state index in [1.807, 2.05) is 20.2 Å². The van der Waals surface area contributed by atoms with Gasteiger partial charge < -0.3 is 9.80 Å². The molecule has 1 N–H and O–H groups in total. The largest absolute Gasteiger partial charge is 0.378 e. The zero-order valence-corrected chi connectivity index (χ0v) is 18.4. The third kappa shape index (κ3) is 5.72. The predicted molar refractivity (Wildman–Crippen MR) is 121 cm³/mol. The summed E-state index contributed by atoms with van der Waals surface area (Å²) in [5, 5.41) is 0. The van der Waals surface area contributed by atoms with Crippen molar-refractivity contribution in [2.45, 2.75) is 13.0 Å². The van der Waals surface area contributed by atoms with Gasteiger partial charge in [-0.05, 0) is 36.8 Å². The summed E-state index contributed by atoms with van der Waals surface area (Å²) in [6.07, 6.45) is 0. The molecule has 1 aliphatic rings. The van der Waals surface area contributed by atoms with Gasteiger partial charge >= 0.3 is 0 Å². The Morgan fingerprint density at radius 3 is 2.14 bits per heavy atom. The molecule has 1 heterocycles. The number of nitrogens with zero attached hydrogens (tertiary/aromatic N) is 3. The first-order valence-electron chi connectivity index (χ1n) is 10.2. The Morgan fingerprint density at radius 1 is 0.966 bits per heavy atom. The quantitative estimate of drug-likeness (QED) is 0.717. The third-order valence-electron chi connectivity index (χ3n) is 5.55. The molecule has 1 saturated heterocycles. The van der Waals surface area contributed by atoms with E-state index in [0.29, 0.717) is 6.54 Å². The molecule has 2 aromatic carbocycles. The lowest BCUT2D eigenvalue weighted by Crippen LogP contribution is -2.50. The number of hydrogen-bond donors (Lipinski definition) is 1. The van der Waals surface area contributed by atoms with E-state index >= 15 is 0 Å². The van der Waals surface area contributed by atoms with E-state index in [4.69, 9.17) is 0 Å². The molecule has 0 radical (unpaired) electrons. The Balaban J connectivity index is 1.74. The summed E-state index contributed by atoms with van der Waals surface area (Å²) < 4.78 is 26.9. The zero-order chi connectivity index (χ0) is 20.9. The van der Waals surface area contributed by atoms with Crippen molar-refractivity contribution in [3.05, 3.63) is 60.2 Å². The number of nitrogens with one attached hydrogen (secondary N) is 1. The first kappa shape index (κ1) is 21.6. The van der Waals surface area contributed by atoms with Crippen molar-refractivity contribution in [3.63, 3.8) is 0 Å². The van der Waals surface area contributed by atoms with Gasteiger partial charge in [0.15, 0.2) is 0 Å². The van der Waals surface area contributed by atoms with Crippen molar-refractivity contribution < 1.29 is 8.42 Å². The molecular formula is C22H32N4O2S. The second-order valence-electron chi connectivity index (χ2n) is 7.61. The van der Waals surface area contributed by atoms with Crippen LogP contribution in [-0.2, 0) is 10.0 Å². The van der Waals surface area contributed by atoms with Crippen LogP contribution in [0.1, 0.15) is 18.5 Å². The summed E-state index contributed by atoms with van der Waals surface area (Å²) in [5.41, 5.74) is 3.52. The molecular weight excluding hydrogens is 384 g/mol. The Hall–Kier alpha value is -2.09. The fourth-order valence-corrected chi connectivity index (χ4v) is 4.31. The van der Waals surface area contributed by atoms with Crippen molar-refractivity contribution in [1.29, 1.82) is 0 Å². The van der Waals surface area contributed by atoms with Crippen LogP contribution < -0.4 is 14.5 Å². The lowest BCUT2D eigenvalue weighted by molar-refractivity contribution is 0.187. The standard InChI is InChI=1S/C22H32N4O2S/c1-4-29(27,28)23-18-22(19-10-12-20(13-11-19)24(2)3)26-16-14-25(15-17-26)21-8-6-5-7-9-21/h5-13,22-23H,4,14-18H2,1-3H3/t22-/m1/s1. The monoisotopic (exact) mass is 416 g/mol. The topological polar surface area (TPSA) is 55.9 Å². The number of benzene rings is 2. The first-order valence-corrected chi connectivity index (χ1v) is 11.8. The SMILES string of the molecule is CCS(=O)(=O)NC[C@H](c1ccc(N(C)C)cc1)N1CCN(c2ccccc2)CC1. The lowest BCUT2D eigenvalue weighted by atomic mass is 10.0. The van der Waals surface area contributed by atoms with E-state index in [0.717, 1.165) is 37.4 Å². The molecule has 29 heavy (non-hydrogen) atoms. The van der Waals surface area contributed by atoms with Crippen molar-refractivity contribution in [2.24, 2.45) is 0 Å². The van der Waals surface area contributed by atoms with Crippen molar-refractivity contribution in [1.82, 2.24) is 9.62 Å². The van der Waals surface area contributed by atoms with E-state index in [1.54, 1.807) is 6.92 Å². The normalized spacial score (nSPS) is 16.6. The minimum absolute atomic E-state index is 0.0189. The Kier molecular flexibility index (Phi) is 7.16. The molecule has 0 bridgehead atoms. The number of sulfonamides is 1. The number of rotatable bonds is 8. The smallest absolute Gasteiger partial charge is 0.211 e. The third-order valence-corrected chi connectivity index (χ3v) is 6.91. The maximum absolute atomic E-state index is 12.1. The van der Waals surface area contributed by atoms with Gasteiger partial charge in [-0.3, -0.25) is 4.90 Å². The van der Waals surface area contributed by atoms with Crippen LogP contribution in [0.15, 0.2) is 54.6 Å². The average Bonchev–Trinajstić information content (AvgIpc) is 2.75. The molecule has 158 valence electrons. The fourth-order valence-electron chi connectivity index (χ4n) is 3.69. The second kappa shape index (κ2) is 9.61. The van der Waals surface area contributed by atoms with Gasteiger partial charge in [0.05, 0.1) is 5.75 Å². The number of anilines is 2.